The van der Waals surface area contributed by atoms with Crippen molar-refractivity contribution in [2.24, 2.45) is 5.73 Å². The van der Waals surface area contributed by atoms with Gasteiger partial charge < -0.3 is 10.5 Å². The highest BCUT2D eigenvalue weighted by Crippen LogP contribution is 2.21. The number of carbonyl (C=O) groups excluding carboxylic acids is 1. The van der Waals surface area contributed by atoms with Crippen LogP contribution in [0.25, 0.3) is 0 Å². The minimum atomic E-state index is -0.522. The molecule has 0 saturated carbocycles. The maximum Gasteiger partial charge on any atom is 0.254 e. The number of rotatable bonds is 4. The molecule has 1 aromatic carbocycles. The van der Waals surface area contributed by atoms with Gasteiger partial charge in [0.2, 0.25) is 5.88 Å². The zero-order valence-electron chi connectivity index (χ0n) is 10.1. The molecule has 0 fully saturated rings. The Hall–Kier alpha value is -2.36. The predicted octanol–water partition coefficient (Wildman–Crippen LogP) is 1.78. The third-order valence-corrected chi connectivity index (χ3v) is 2.68. The number of aromatic nitrogens is 1. The number of carbonyl (C=O) groups is 1. The molecule has 0 aliphatic carbocycles. The summed E-state index contributed by atoms with van der Waals surface area (Å²) in [5.74, 6) is -0.248. The van der Waals surface area contributed by atoms with Crippen LogP contribution in [0, 0.1) is 0 Å². The van der Waals surface area contributed by atoms with Crippen LogP contribution >= 0.6 is 0 Å². The Morgan fingerprint density at radius 1 is 1.28 bits per heavy atom. The number of ether oxygens (including phenoxy) is 1. The topological polar surface area (TPSA) is 65.2 Å². The van der Waals surface area contributed by atoms with Gasteiger partial charge in [0.15, 0.2) is 0 Å². The zero-order valence-corrected chi connectivity index (χ0v) is 10.1. The highest BCUT2D eigenvalue weighted by Gasteiger charge is 2.15. The van der Waals surface area contributed by atoms with Crippen molar-refractivity contribution in [2.75, 3.05) is 7.11 Å². The van der Waals surface area contributed by atoms with Crippen LogP contribution in [0.1, 0.15) is 21.5 Å². The Labute approximate surface area is 105 Å². The summed E-state index contributed by atoms with van der Waals surface area (Å²) in [5, 5.41) is 0. The summed E-state index contributed by atoms with van der Waals surface area (Å²) in [4.78, 5) is 15.5. The van der Waals surface area contributed by atoms with E-state index in [2.05, 4.69) is 4.98 Å². The number of benzene rings is 1. The number of primary amides is 1. The van der Waals surface area contributed by atoms with Gasteiger partial charge in [-0.2, -0.15) is 0 Å². The molecule has 0 aliphatic rings. The number of hydrogen-bond acceptors (Lipinski definition) is 3. The summed E-state index contributed by atoms with van der Waals surface area (Å²) < 4.78 is 5.07. The minimum Gasteiger partial charge on any atom is -0.480 e. The van der Waals surface area contributed by atoms with E-state index in [1.807, 2.05) is 30.3 Å². The second-order valence-electron chi connectivity index (χ2n) is 3.88. The third-order valence-electron chi connectivity index (χ3n) is 2.68. The molecular weight excluding hydrogens is 228 g/mol. The van der Waals surface area contributed by atoms with Gasteiger partial charge in [-0.1, -0.05) is 30.3 Å². The van der Waals surface area contributed by atoms with Crippen molar-refractivity contribution in [3.8, 4) is 5.88 Å². The van der Waals surface area contributed by atoms with Crippen molar-refractivity contribution in [1.82, 2.24) is 4.98 Å². The summed E-state index contributed by atoms with van der Waals surface area (Å²) >= 11 is 0. The Balaban J connectivity index is 2.42. The van der Waals surface area contributed by atoms with Crippen molar-refractivity contribution in [1.29, 1.82) is 0 Å². The lowest BCUT2D eigenvalue weighted by Crippen LogP contribution is -2.16. The van der Waals surface area contributed by atoms with Crippen LogP contribution < -0.4 is 10.5 Å². The average molecular weight is 242 g/mol. The van der Waals surface area contributed by atoms with Crippen molar-refractivity contribution in [3.63, 3.8) is 0 Å². The van der Waals surface area contributed by atoms with Crippen LogP contribution in [0.15, 0.2) is 42.6 Å². The van der Waals surface area contributed by atoms with E-state index in [0.717, 1.165) is 11.1 Å². The standard InChI is InChI=1S/C14H14N2O2/c1-18-14-12(13(15)17)11(7-8-16-14)9-10-5-3-2-4-6-10/h2-8H,9H2,1H3,(H2,15,17). The van der Waals surface area contributed by atoms with Gasteiger partial charge in [0.1, 0.15) is 5.56 Å². The minimum absolute atomic E-state index is 0.274. The summed E-state index contributed by atoms with van der Waals surface area (Å²) in [5.41, 5.74) is 7.66. The van der Waals surface area contributed by atoms with Crippen molar-refractivity contribution < 1.29 is 9.53 Å². The van der Waals surface area contributed by atoms with Gasteiger partial charge in [0.25, 0.3) is 5.91 Å². The first-order valence-corrected chi connectivity index (χ1v) is 5.58. The van der Waals surface area contributed by atoms with Crippen molar-refractivity contribution in [2.45, 2.75) is 6.42 Å². The Morgan fingerprint density at radius 3 is 2.61 bits per heavy atom. The predicted molar refractivity (Wildman–Crippen MR) is 68.6 cm³/mol. The molecule has 2 N–H and O–H groups in total. The average Bonchev–Trinajstić information content (AvgIpc) is 2.39. The molecular formula is C14H14N2O2. The molecule has 0 unspecified atom stereocenters. The number of nitrogens with two attached hydrogens (primary N) is 1. The van der Waals surface area contributed by atoms with Crippen molar-refractivity contribution >= 4 is 5.91 Å². The molecule has 1 amide bonds. The number of amides is 1. The van der Waals surface area contributed by atoms with Crippen LogP contribution in [0.4, 0.5) is 0 Å². The first-order chi connectivity index (χ1) is 8.72. The fourth-order valence-corrected chi connectivity index (χ4v) is 1.86. The van der Waals surface area contributed by atoms with Crippen LogP contribution in [0.3, 0.4) is 0 Å². The molecule has 1 heterocycles. The summed E-state index contributed by atoms with van der Waals surface area (Å²) in [7, 11) is 1.47. The molecule has 2 rings (SSSR count). The van der Waals surface area contributed by atoms with Crippen LogP contribution in [-0.4, -0.2) is 18.0 Å². The van der Waals surface area contributed by atoms with E-state index in [4.69, 9.17) is 10.5 Å². The second-order valence-corrected chi connectivity index (χ2v) is 3.88. The highest BCUT2D eigenvalue weighted by molar-refractivity contribution is 5.96. The maximum atomic E-state index is 11.5. The van der Waals surface area contributed by atoms with E-state index in [1.165, 1.54) is 7.11 Å². The molecule has 0 radical (unpaired) electrons. The number of methoxy groups -OCH3 is 1. The molecule has 18 heavy (non-hydrogen) atoms. The second kappa shape index (κ2) is 5.31. The van der Waals surface area contributed by atoms with E-state index in [-0.39, 0.29) is 5.88 Å². The molecule has 4 nitrogen and oxygen atoms in total. The van der Waals surface area contributed by atoms with Gasteiger partial charge in [0, 0.05) is 6.20 Å². The van der Waals surface area contributed by atoms with E-state index in [0.29, 0.717) is 12.0 Å². The molecule has 0 atom stereocenters. The normalized spacial score (nSPS) is 10.1. The smallest absolute Gasteiger partial charge is 0.254 e. The van der Waals surface area contributed by atoms with Crippen molar-refractivity contribution in [3.05, 3.63) is 59.3 Å². The van der Waals surface area contributed by atoms with Gasteiger partial charge in [0.05, 0.1) is 7.11 Å². The quantitative estimate of drug-likeness (QED) is 0.888. The molecule has 0 spiro atoms. The van der Waals surface area contributed by atoms with E-state index < -0.39 is 5.91 Å². The summed E-state index contributed by atoms with van der Waals surface area (Å²) in [6, 6.07) is 11.6. The van der Waals surface area contributed by atoms with Gasteiger partial charge in [-0.15, -0.1) is 0 Å². The van der Waals surface area contributed by atoms with Gasteiger partial charge in [-0.25, -0.2) is 4.98 Å². The highest BCUT2D eigenvalue weighted by atomic mass is 16.5. The third kappa shape index (κ3) is 2.48. The van der Waals surface area contributed by atoms with Crippen LogP contribution in [0.5, 0.6) is 5.88 Å². The Morgan fingerprint density at radius 2 is 2.00 bits per heavy atom. The van der Waals surface area contributed by atoms with Gasteiger partial charge >= 0.3 is 0 Å². The molecule has 2 aromatic rings. The lowest BCUT2D eigenvalue weighted by Gasteiger charge is -2.10. The fourth-order valence-electron chi connectivity index (χ4n) is 1.86. The van der Waals surface area contributed by atoms with Crippen LogP contribution in [0.2, 0.25) is 0 Å². The molecule has 1 aromatic heterocycles. The zero-order chi connectivity index (χ0) is 13.0. The number of pyridine rings is 1. The van der Waals surface area contributed by atoms with E-state index >= 15 is 0 Å². The molecule has 0 aliphatic heterocycles. The van der Waals surface area contributed by atoms with Gasteiger partial charge in [-0.05, 0) is 23.6 Å². The van der Waals surface area contributed by atoms with Gasteiger partial charge in [-0.3, -0.25) is 4.79 Å². The SMILES string of the molecule is COc1nccc(Cc2ccccc2)c1C(N)=O. The lowest BCUT2D eigenvalue weighted by molar-refractivity contribution is 0.0996. The first kappa shape index (κ1) is 12.1. The fraction of sp³-hybridized carbons (Fsp3) is 0.143. The Bertz CT molecular complexity index is 553. The van der Waals surface area contributed by atoms with E-state index in [1.54, 1.807) is 12.3 Å². The maximum absolute atomic E-state index is 11.5. The summed E-state index contributed by atoms with van der Waals surface area (Å²) in [6.07, 6.45) is 2.24. The number of hydrogen-bond donors (Lipinski definition) is 1. The van der Waals surface area contributed by atoms with Crippen LogP contribution in [-0.2, 0) is 6.42 Å². The van der Waals surface area contributed by atoms with E-state index in [9.17, 15) is 4.79 Å². The summed E-state index contributed by atoms with van der Waals surface area (Å²) in [6.45, 7) is 0. The molecule has 4 heteroatoms. The largest absolute Gasteiger partial charge is 0.480 e. The molecule has 0 bridgehead atoms. The first-order valence-electron chi connectivity index (χ1n) is 5.58. The molecule has 92 valence electrons. The monoisotopic (exact) mass is 242 g/mol. The Kier molecular flexibility index (Phi) is 3.57. The lowest BCUT2D eigenvalue weighted by atomic mass is 10.0. The number of nitrogens with zero attached hydrogens (tertiary/aromatic N) is 1. The molecule has 0 saturated heterocycles.